The molecule has 19 heavy (non-hydrogen) atoms. The molecule has 0 bridgehead atoms. The second kappa shape index (κ2) is 5.79. The summed E-state index contributed by atoms with van der Waals surface area (Å²) in [5, 5.41) is 17.7. The normalized spacial score (nSPS) is 12.1. The molecule has 1 atom stereocenters. The minimum absolute atomic E-state index is 0.0140. The van der Waals surface area contributed by atoms with E-state index in [2.05, 4.69) is 34.6 Å². The number of hydrogen-bond donors (Lipinski definition) is 2. The lowest BCUT2D eigenvalue weighted by molar-refractivity contribution is 0.674. The Hall–Kier alpha value is -1.95. The van der Waals surface area contributed by atoms with E-state index in [1.165, 1.54) is 4.88 Å². The predicted octanol–water partition coefficient (Wildman–Crippen LogP) is 1.89. The van der Waals surface area contributed by atoms with Crippen LogP contribution in [0.2, 0.25) is 0 Å². The van der Waals surface area contributed by atoms with Gasteiger partial charge in [0.2, 0.25) is 0 Å². The summed E-state index contributed by atoms with van der Waals surface area (Å²) in [5.41, 5.74) is 6.20. The molecule has 1 unspecified atom stereocenters. The van der Waals surface area contributed by atoms with Crippen LogP contribution in [0.1, 0.15) is 17.4 Å². The first kappa shape index (κ1) is 13.5. The zero-order valence-electron chi connectivity index (χ0n) is 11.0. The monoisotopic (exact) mass is 275 g/mol. The molecule has 0 spiro atoms. The van der Waals surface area contributed by atoms with Crippen LogP contribution in [0.4, 0.5) is 5.82 Å². The van der Waals surface area contributed by atoms with E-state index in [1.54, 1.807) is 23.6 Å². The summed E-state index contributed by atoms with van der Waals surface area (Å²) in [5.74, 6) is 0.666. The molecular weight excluding hydrogens is 258 g/mol. The van der Waals surface area contributed by atoms with Gasteiger partial charge in [-0.15, -0.1) is 16.4 Å². The number of aromatic nitrogens is 2. The number of nitrogens with two attached hydrogens (primary N) is 1. The van der Waals surface area contributed by atoms with Crippen molar-refractivity contribution in [3.8, 4) is 0 Å². The lowest BCUT2D eigenvalue weighted by atomic mass is 10.1. The molecule has 3 N–H and O–H groups in total. The minimum atomic E-state index is 0.0140. The molecule has 2 rings (SSSR count). The Morgan fingerprint density at radius 2 is 2.32 bits per heavy atom. The third kappa shape index (κ3) is 3.08. The van der Waals surface area contributed by atoms with Gasteiger partial charge in [-0.05, 0) is 24.4 Å². The van der Waals surface area contributed by atoms with Crippen LogP contribution in [-0.2, 0) is 6.42 Å². The Kier molecular flexibility index (Phi) is 4.11. The van der Waals surface area contributed by atoms with E-state index in [1.807, 2.05) is 11.9 Å². The Bertz CT molecular complexity index is 552. The van der Waals surface area contributed by atoms with Crippen LogP contribution < -0.4 is 10.6 Å². The number of thiophene rings is 1. The number of nitrogens with one attached hydrogen (secondary N) is 1. The summed E-state index contributed by atoms with van der Waals surface area (Å²) in [6, 6.07) is 6.15. The van der Waals surface area contributed by atoms with Gasteiger partial charge in [0.15, 0.2) is 5.82 Å². The largest absolute Gasteiger partial charge is 0.384 e. The van der Waals surface area contributed by atoms with Crippen LogP contribution in [0.15, 0.2) is 29.8 Å². The molecule has 100 valence electrons. The summed E-state index contributed by atoms with van der Waals surface area (Å²) in [4.78, 5) is 3.34. The number of hydrogen-bond acceptors (Lipinski definition) is 5. The highest BCUT2D eigenvalue weighted by Crippen LogP contribution is 2.20. The van der Waals surface area contributed by atoms with Gasteiger partial charge in [-0.25, -0.2) is 0 Å². The Labute approximate surface area is 116 Å². The van der Waals surface area contributed by atoms with Gasteiger partial charge in [-0.3, -0.25) is 5.41 Å². The Morgan fingerprint density at radius 3 is 2.95 bits per heavy atom. The van der Waals surface area contributed by atoms with Crippen LogP contribution in [-0.4, -0.2) is 29.1 Å². The molecule has 0 radical (unpaired) electrons. The van der Waals surface area contributed by atoms with E-state index in [-0.39, 0.29) is 11.9 Å². The second-order valence-electron chi connectivity index (χ2n) is 4.43. The lowest BCUT2D eigenvalue weighted by Gasteiger charge is -2.26. The Morgan fingerprint density at radius 1 is 1.53 bits per heavy atom. The second-order valence-corrected chi connectivity index (χ2v) is 5.46. The molecule has 0 aliphatic carbocycles. The summed E-state index contributed by atoms with van der Waals surface area (Å²) in [6.45, 7) is 2.12. The number of nitrogens with zero attached hydrogens (tertiary/aromatic N) is 3. The maximum Gasteiger partial charge on any atom is 0.162 e. The molecule has 0 amide bonds. The number of amidine groups is 1. The quantitative estimate of drug-likeness (QED) is 0.645. The van der Waals surface area contributed by atoms with Crippen molar-refractivity contribution in [3.05, 3.63) is 40.2 Å². The highest BCUT2D eigenvalue weighted by atomic mass is 32.1. The molecule has 6 heteroatoms. The van der Waals surface area contributed by atoms with Gasteiger partial charge in [0.1, 0.15) is 5.84 Å². The standard InChI is InChI=1S/C13H17N5S/c1-9(8-10-4-3-7-19-10)18(2)13-11(12(14)15)5-6-16-17-13/h3-7,9H,8H2,1-2H3,(H3,14,15). The predicted molar refractivity (Wildman–Crippen MR) is 78.9 cm³/mol. The smallest absolute Gasteiger partial charge is 0.162 e. The number of rotatable bonds is 5. The van der Waals surface area contributed by atoms with Gasteiger partial charge >= 0.3 is 0 Å². The first-order chi connectivity index (χ1) is 9.09. The molecule has 0 saturated heterocycles. The molecule has 0 fully saturated rings. The number of nitrogen functional groups attached to an aromatic ring is 1. The molecule has 0 saturated carbocycles. The maximum absolute atomic E-state index is 7.59. The zero-order chi connectivity index (χ0) is 13.8. The fraction of sp³-hybridized carbons (Fsp3) is 0.308. The van der Waals surface area contributed by atoms with Gasteiger partial charge < -0.3 is 10.6 Å². The average Bonchev–Trinajstić information content (AvgIpc) is 2.90. The van der Waals surface area contributed by atoms with Crippen molar-refractivity contribution >= 4 is 23.0 Å². The van der Waals surface area contributed by atoms with Crippen molar-refractivity contribution in [1.29, 1.82) is 5.41 Å². The molecule has 2 heterocycles. The van der Waals surface area contributed by atoms with Crippen LogP contribution >= 0.6 is 11.3 Å². The first-order valence-electron chi connectivity index (χ1n) is 6.01. The first-order valence-corrected chi connectivity index (χ1v) is 6.89. The van der Waals surface area contributed by atoms with Crippen LogP contribution in [0.25, 0.3) is 0 Å². The maximum atomic E-state index is 7.59. The number of likely N-dealkylation sites (N-methyl/N-ethyl adjacent to an activating group) is 1. The van der Waals surface area contributed by atoms with Crippen molar-refractivity contribution in [1.82, 2.24) is 10.2 Å². The van der Waals surface area contributed by atoms with E-state index in [0.717, 1.165) is 6.42 Å². The summed E-state index contributed by atoms with van der Waals surface area (Å²) in [6.07, 6.45) is 2.49. The molecule has 0 aromatic carbocycles. The molecule has 0 aliphatic heterocycles. The van der Waals surface area contributed by atoms with Crippen molar-refractivity contribution in [2.75, 3.05) is 11.9 Å². The van der Waals surface area contributed by atoms with Gasteiger partial charge in [0.25, 0.3) is 0 Å². The van der Waals surface area contributed by atoms with Crippen LogP contribution in [0, 0.1) is 5.41 Å². The van der Waals surface area contributed by atoms with Crippen LogP contribution in [0.3, 0.4) is 0 Å². The lowest BCUT2D eigenvalue weighted by Crippen LogP contribution is -2.33. The number of anilines is 1. The third-order valence-corrected chi connectivity index (χ3v) is 3.96. The van der Waals surface area contributed by atoms with Gasteiger partial charge in [0.05, 0.1) is 11.8 Å². The summed E-state index contributed by atoms with van der Waals surface area (Å²) >= 11 is 1.74. The molecule has 2 aromatic heterocycles. The van der Waals surface area contributed by atoms with Crippen molar-refractivity contribution in [3.63, 3.8) is 0 Å². The SMILES string of the molecule is CC(Cc1cccs1)N(C)c1nnccc1C(=N)N. The van der Waals surface area contributed by atoms with E-state index in [4.69, 9.17) is 11.1 Å². The van der Waals surface area contributed by atoms with Crippen molar-refractivity contribution in [2.24, 2.45) is 5.73 Å². The molecule has 2 aromatic rings. The van der Waals surface area contributed by atoms with E-state index >= 15 is 0 Å². The fourth-order valence-electron chi connectivity index (χ4n) is 1.86. The Balaban J connectivity index is 2.19. The highest BCUT2D eigenvalue weighted by Gasteiger charge is 2.17. The average molecular weight is 275 g/mol. The topological polar surface area (TPSA) is 78.9 Å². The van der Waals surface area contributed by atoms with Crippen molar-refractivity contribution < 1.29 is 0 Å². The van der Waals surface area contributed by atoms with Crippen LogP contribution in [0.5, 0.6) is 0 Å². The van der Waals surface area contributed by atoms with Gasteiger partial charge in [-0.1, -0.05) is 6.07 Å². The fourth-order valence-corrected chi connectivity index (χ4v) is 2.69. The van der Waals surface area contributed by atoms with Gasteiger partial charge in [-0.2, -0.15) is 5.10 Å². The summed E-state index contributed by atoms with van der Waals surface area (Å²) in [7, 11) is 1.95. The molecule has 5 nitrogen and oxygen atoms in total. The van der Waals surface area contributed by atoms with E-state index in [0.29, 0.717) is 11.4 Å². The molecular formula is C13H17N5S. The van der Waals surface area contributed by atoms with E-state index in [9.17, 15) is 0 Å². The molecule has 0 aliphatic rings. The third-order valence-electron chi connectivity index (χ3n) is 3.06. The minimum Gasteiger partial charge on any atom is -0.384 e. The summed E-state index contributed by atoms with van der Waals surface area (Å²) < 4.78 is 0. The zero-order valence-corrected chi connectivity index (χ0v) is 11.8. The van der Waals surface area contributed by atoms with Crippen molar-refractivity contribution in [2.45, 2.75) is 19.4 Å². The highest BCUT2D eigenvalue weighted by molar-refractivity contribution is 7.09. The van der Waals surface area contributed by atoms with Gasteiger partial charge in [0, 0.05) is 24.4 Å². The van der Waals surface area contributed by atoms with E-state index < -0.39 is 0 Å².